The molecule has 0 atom stereocenters. The van der Waals surface area contributed by atoms with Gasteiger partial charge in [-0.25, -0.2) is 13.4 Å². The summed E-state index contributed by atoms with van der Waals surface area (Å²) < 4.78 is 30.9. The van der Waals surface area contributed by atoms with Crippen LogP contribution in [0.15, 0.2) is 59.2 Å². The molecule has 0 aliphatic carbocycles. The lowest BCUT2D eigenvalue weighted by Crippen LogP contribution is -2.33. The van der Waals surface area contributed by atoms with Gasteiger partial charge in [-0.3, -0.25) is 4.79 Å². The molecule has 0 radical (unpaired) electrons. The number of fused-ring (bicyclic) bond motifs is 1. The minimum absolute atomic E-state index is 0.0489. The molecule has 0 bridgehead atoms. The standard InChI is InChI=1S/C21H20N4O5S/c1-14-7-9-15(10-8-14)31(28,29)25(2)12-20(27)30-13-19(26)16(11-22)21-23-17-5-3-4-6-18(17)24-21/h3-10,26H,12-13H2,1-2H3,(H,23,24)/b19-16-. The van der Waals surface area contributed by atoms with Crippen LogP contribution in [0.1, 0.15) is 11.4 Å². The van der Waals surface area contributed by atoms with E-state index in [1.165, 1.54) is 19.2 Å². The van der Waals surface area contributed by atoms with Crippen molar-refractivity contribution in [1.82, 2.24) is 14.3 Å². The molecule has 1 heterocycles. The third-order valence-corrected chi connectivity index (χ3v) is 6.29. The van der Waals surface area contributed by atoms with Gasteiger partial charge in [-0.15, -0.1) is 0 Å². The molecule has 0 aliphatic rings. The molecule has 0 fully saturated rings. The van der Waals surface area contributed by atoms with Gasteiger partial charge in [0, 0.05) is 7.05 Å². The Bertz CT molecular complexity index is 1250. The monoisotopic (exact) mass is 440 g/mol. The van der Waals surface area contributed by atoms with Crippen molar-refractivity contribution < 1.29 is 23.1 Å². The molecular weight excluding hydrogens is 420 g/mol. The molecule has 2 aromatic carbocycles. The van der Waals surface area contributed by atoms with Crippen LogP contribution in [0.4, 0.5) is 0 Å². The summed E-state index contributed by atoms with van der Waals surface area (Å²) in [6.07, 6.45) is 0. The summed E-state index contributed by atoms with van der Waals surface area (Å²) in [4.78, 5) is 19.3. The zero-order valence-corrected chi connectivity index (χ0v) is 17.7. The number of aryl methyl sites for hydroxylation is 1. The molecule has 2 N–H and O–H groups in total. The minimum Gasteiger partial charge on any atom is -0.507 e. The number of aromatic nitrogens is 2. The summed E-state index contributed by atoms with van der Waals surface area (Å²) >= 11 is 0. The van der Waals surface area contributed by atoms with Crippen LogP contribution in [0, 0.1) is 18.3 Å². The molecule has 160 valence electrons. The number of carbonyl (C=O) groups is 1. The van der Waals surface area contributed by atoms with Crippen LogP contribution >= 0.6 is 0 Å². The summed E-state index contributed by atoms with van der Waals surface area (Å²) in [7, 11) is -2.63. The smallest absolute Gasteiger partial charge is 0.321 e. The summed E-state index contributed by atoms with van der Waals surface area (Å²) in [6, 6.07) is 15.1. The first kappa shape index (κ1) is 22.0. The van der Waals surface area contributed by atoms with Gasteiger partial charge < -0.3 is 14.8 Å². The van der Waals surface area contributed by atoms with Crippen molar-refractivity contribution in [2.24, 2.45) is 0 Å². The number of aliphatic hydroxyl groups is 1. The quantitative estimate of drug-likeness (QED) is 0.327. The van der Waals surface area contributed by atoms with Gasteiger partial charge in [0.2, 0.25) is 10.0 Å². The van der Waals surface area contributed by atoms with Crippen LogP contribution in [0.2, 0.25) is 0 Å². The van der Waals surface area contributed by atoms with E-state index in [-0.39, 0.29) is 16.3 Å². The molecule has 3 aromatic rings. The molecule has 3 rings (SSSR count). The Labute approximate surface area is 179 Å². The average Bonchev–Trinajstić information content (AvgIpc) is 3.16. The van der Waals surface area contributed by atoms with Gasteiger partial charge in [-0.1, -0.05) is 29.8 Å². The molecule has 31 heavy (non-hydrogen) atoms. The number of rotatable bonds is 7. The molecule has 0 saturated heterocycles. The zero-order chi connectivity index (χ0) is 22.6. The van der Waals surface area contributed by atoms with Crippen LogP contribution in [0.25, 0.3) is 16.6 Å². The third-order valence-electron chi connectivity index (χ3n) is 4.48. The van der Waals surface area contributed by atoms with E-state index in [2.05, 4.69) is 9.97 Å². The van der Waals surface area contributed by atoms with E-state index in [0.717, 1.165) is 9.87 Å². The van der Waals surface area contributed by atoms with E-state index in [4.69, 9.17) is 4.74 Å². The predicted molar refractivity (Wildman–Crippen MR) is 113 cm³/mol. The van der Waals surface area contributed by atoms with Crippen molar-refractivity contribution in [2.45, 2.75) is 11.8 Å². The maximum atomic E-state index is 12.5. The number of nitrogens with one attached hydrogen (secondary N) is 1. The van der Waals surface area contributed by atoms with E-state index >= 15 is 0 Å². The van der Waals surface area contributed by atoms with E-state index in [9.17, 15) is 23.6 Å². The summed E-state index contributed by atoms with van der Waals surface area (Å²) in [5.74, 6) is -1.25. The number of aliphatic hydroxyl groups excluding tert-OH is 1. The number of aromatic amines is 1. The molecule has 10 heteroatoms. The molecule has 1 aromatic heterocycles. The first-order valence-corrected chi connectivity index (χ1v) is 10.6. The number of hydrogen-bond acceptors (Lipinski definition) is 7. The summed E-state index contributed by atoms with van der Waals surface area (Å²) in [6.45, 7) is 0.672. The number of esters is 1. The fourth-order valence-corrected chi connectivity index (χ4v) is 3.86. The minimum atomic E-state index is -3.88. The van der Waals surface area contributed by atoms with Crippen LogP contribution < -0.4 is 0 Å². The Hall–Kier alpha value is -3.68. The molecule has 0 saturated carbocycles. The van der Waals surface area contributed by atoms with Crippen molar-refractivity contribution in [3.8, 4) is 6.07 Å². The SMILES string of the molecule is Cc1ccc(S(=O)(=O)N(C)CC(=O)OC/C(O)=C(\C#N)c2nc3ccccc3[nH]2)cc1. The highest BCUT2D eigenvalue weighted by Gasteiger charge is 2.24. The highest BCUT2D eigenvalue weighted by Crippen LogP contribution is 2.19. The number of likely N-dealkylation sites (N-methyl/N-ethyl adjacent to an activating group) is 1. The Kier molecular flexibility index (Phi) is 6.39. The molecule has 9 nitrogen and oxygen atoms in total. The number of para-hydroxylation sites is 2. The topological polar surface area (TPSA) is 136 Å². The lowest BCUT2D eigenvalue weighted by molar-refractivity contribution is -0.143. The predicted octanol–water partition coefficient (Wildman–Crippen LogP) is 2.53. The molecular formula is C21H20N4O5S. The van der Waals surface area contributed by atoms with Crippen molar-refractivity contribution in [1.29, 1.82) is 5.26 Å². The zero-order valence-electron chi connectivity index (χ0n) is 16.9. The second kappa shape index (κ2) is 8.99. The van der Waals surface area contributed by atoms with E-state index in [1.54, 1.807) is 36.4 Å². The van der Waals surface area contributed by atoms with Crippen LogP contribution in [-0.2, 0) is 19.6 Å². The van der Waals surface area contributed by atoms with Gasteiger partial charge >= 0.3 is 5.97 Å². The number of benzene rings is 2. The average molecular weight is 440 g/mol. The number of H-pyrrole nitrogens is 1. The largest absolute Gasteiger partial charge is 0.507 e. The van der Waals surface area contributed by atoms with Gasteiger partial charge in [-0.2, -0.15) is 9.57 Å². The number of nitriles is 1. The highest BCUT2D eigenvalue weighted by molar-refractivity contribution is 7.89. The Balaban J connectivity index is 1.67. The maximum Gasteiger partial charge on any atom is 0.321 e. The van der Waals surface area contributed by atoms with Gasteiger partial charge in [0.15, 0.2) is 11.6 Å². The summed E-state index contributed by atoms with van der Waals surface area (Å²) in [5.41, 5.74) is 2.02. The Morgan fingerprint density at radius 2 is 1.90 bits per heavy atom. The number of hydrogen-bond donors (Lipinski definition) is 2. The molecule has 0 amide bonds. The van der Waals surface area contributed by atoms with Crippen molar-refractivity contribution in [3.05, 3.63) is 65.7 Å². The second-order valence-corrected chi connectivity index (χ2v) is 8.82. The number of imidazole rings is 1. The summed E-state index contributed by atoms with van der Waals surface area (Å²) in [5, 5.41) is 19.6. The van der Waals surface area contributed by atoms with Gasteiger partial charge in [-0.05, 0) is 31.2 Å². The first-order valence-electron chi connectivity index (χ1n) is 9.18. The first-order chi connectivity index (χ1) is 14.7. The fourth-order valence-electron chi connectivity index (χ4n) is 2.75. The van der Waals surface area contributed by atoms with E-state index in [0.29, 0.717) is 11.0 Å². The Morgan fingerprint density at radius 1 is 1.23 bits per heavy atom. The fraction of sp³-hybridized carbons (Fsp3) is 0.190. The third kappa shape index (κ3) is 4.91. The van der Waals surface area contributed by atoms with Crippen LogP contribution in [-0.4, -0.2) is 54.0 Å². The van der Waals surface area contributed by atoms with E-state index in [1.807, 2.05) is 13.0 Å². The lowest BCUT2D eigenvalue weighted by Gasteiger charge is -2.16. The number of carbonyl (C=O) groups excluding carboxylic acids is 1. The number of nitrogens with zero attached hydrogens (tertiary/aromatic N) is 3. The number of allylic oxidation sites excluding steroid dienone is 1. The van der Waals surface area contributed by atoms with Crippen molar-refractivity contribution >= 4 is 32.6 Å². The number of sulfonamides is 1. The van der Waals surface area contributed by atoms with Gasteiger partial charge in [0.1, 0.15) is 24.8 Å². The molecule has 0 unspecified atom stereocenters. The van der Waals surface area contributed by atoms with Crippen LogP contribution in [0.5, 0.6) is 0 Å². The lowest BCUT2D eigenvalue weighted by atomic mass is 10.2. The van der Waals surface area contributed by atoms with Gasteiger partial charge in [0.25, 0.3) is 0 Å². The van der Waals surface area contributed by atoms with E-state index < -0.39 is 34.9 Å². The normalized spacial score (nSPS) is 12.5. The van der Waals surface area contributed by atoms with Gasteiger partial charge in [0.05, 0.1) is 15.9 Å². The highest BCUT2D eigenvalue weighted by atomic mass is 32.2. The Morgan fingerprint density at radius 3 is 2.55 bits per heavy atom. The van der Waals surface area contributed by atoms with Crippen molar-refractivity contribution in [3.63, 3.8) is 0 Å². The maximum absolute atomic E-state index is 12.5. The van der Waals surface area contributed by atoms with Crippen molar-refractivity contribution in [2.75, 3.05) is 20.2 Å². The number of ether oxygens (including phenoxy) is 1. The molecule has 0 aliphatic heterocycles. The van der Waals surface area contributed by atoms with Crippen LogP contribution in [0.3, 0.4) is 0 Å². The second-order valence-electron chi connectivity index (χ2n) is 6.77. The molecule has 0 spiro atoms.